The molecule has 0 amide bonds. The predicted molar refractivity (Wildman–Crippen MR) is 117 cm³/mol. The van der Waals surface area contributed by atoms with Crippen LogP contribution in [0.25, 0.3) is 20.0 Å². The fourth-order valence-electron chi connectivity index (χ4n) is 3.42. The van der Waals surface area contributed by atoms with Crippen LogP contribution >= 0.6 is 23.2 Å². The molecule has 0 radical (unpaired) electrons. The molecule has 0 spiro atoms. The normalized spacial score (nSPS) is 14.5. The van der Waals surface area contributed by atoms with Crippen molar-refractivity contribution in [3.63, 3.8) is 0 Å². The first-order chi connectivity index (χ1) is 13.6. The number of likely N-dealkylation sites (tertiary alicyclic amines) is 1. The average molecular weight is 481 g/mol. The van der Waals surface area contributed by atoms with Gasteiger partial charge in [-0.05, 0) is 0 Å². The van der Waals surface area contributed by atoms with Gasteiger partial charge in [-0.1, -0.05) is 0 Å². The Morgan fingerprint density at radius 3 is 2.18 bits per heavy atom. The summed E-state index contributed by atoms with van der Waals surface area (Å²) in [6.07, 6.45) is 2.59. The van der Waals surface area contributed by atoms with Crippen molar-refractivity contribution >= 4 is 37.7 Å². The molecule has 2 aromatic carbocycles. The van der Waals surface area contributed by atoms with Crippen LogP contribution in [0.4, 0.5) is 0 Å². The van der Waals surface area contributed by atoms with E-state index in [1.54, 1.807) is 12.1 Å². The Bertz CT molecular complexity index is 967. The Morgan fingerprint density at radius 2 is 1.54 bits per heavy atom. The number of nitrogens with zero attached hydrogens (tertiary/aromatic N) is 1. The third-order valence-electron chi connectivity index (χ3n) is 4.91. The molecule has 0 atom stereocenters. The number of rotatable bonds is 6. The van der Waals surface area contributed by atoms with Gasteiger partial charge < -0.3 is 0 Å². The number of hydrogen-bond donors (Lipinski definition) is 1. The molecule has 0 unspecified atom stereocenters. The van der Waals surface area contributed by atoms with E-state index in [0.29, 0.717) is 16.7 Å². The summed E-state index contributed by atoms with van der Waals surface area (Å²) in [6, 6.07) is 15.2. The molecule has 1 aliphatic rings. The number of phenolic OH excluding ortho intramolecular Hbond substituents is 1. The molecule has 4 rings (SSSR count). The first-order valence-corrected chi connectivity index (χ1v) is 11.8. The fourth-order valence-corrected chi connectivity index (χ4v) is 6.49. The van der Waals surface area contributed by atoms with E-state index in [1.165, 1.54) is 34.8 Å². The second-order valence-corrected chi connectivity index (χ2v) is 9.96. The van der Waals surface area contributed by atoms with E-state index in [1.807, 2.05) is 24.3 Å². The van der Waals surface area contributed by atoms with E-state index in [-0.39, 0.29) is 20.3 Å². The summed E-state index contributed by atoms with van der Waals surface area (Å²) in [5.41, 5.74) is 2.00. The van der Waals surface area contributed by atoms with Crippen LogP contribution in [-0.2, 0) is 0 Å². The molecule has 1 aliphatic heterocycles. The van der Waals surface area contributed by atoms with E-state index < -0.39 is 0 Å². The molecule has 1 N–H and O–H groups in total. The van der Waals surface area contributed by atoms with Gasteiger partial charge in [-0.3, -0.25) is 0 Å². The van der Waals surface area contributed by atoms with Crippen molar-refractivity contribution in [3.05, 3.63) is 58.6 Å². The second-order valence-electron chi connectivity index (χ2n) is 6.87. The quantitative estimate of drug-likeness (QED) is 0.468. The van der Waals surface area contributed by atoms with Crippen molar-refractivity contribution in [2.75, 3.05) is 26.2 Å². The van der Waals surface area contributed by atoms with Crippen LogP contribution < -0.4 is 4.74 Å². The van der Waals surface area contributed by atoms with Crippen molar-refractivity contribution in [3.8, 4) is 31.5 Å². The van der Waals surface area contributed by atoms with Crippen molar-refractivity contribution < 1.29 is 9.84 Å². The summed E-state index contributed by atoms with van der Waals surface area (Å²) in [5, 5.41) is 10.8. The van der Waals surface area contributed by atoms with Crippen LogP contribution in [0.1, 0.15) is 12.8 Å². The molecule has 0 bridgehead atoms. The summed E-state index contributed by atoms with van der Waals surface area (Å²) < 4.78 is 8.27. The first kappa shape index (κ1) is 19.9. The SMILES string of the molecule is Oc1ccc(-c2ccc(-c3ccc(OCCN4CCCC4)cc3Cl)[se]2)c(Cl)c1. The van der Waals surface area contributed by atoms with Gasteiger partial charge in [0.2, 0.25) is 0 Å². The molecule has 1 saturated heterocycles. The molecule has 1 aromatic heterocycles. The van der Waals surface area contributed by atoms with Gasteiger partial charge in [0.05, 0.1) is 0 Å². The molecule has 0 saturated carbocycles. The van der Waals surface area contributed by atoms with E-state index in [0.717, 1.165) is 23.4 Å². The minimum atomic E-state index is 0.0996. The Labute approximate surface area is 181 Å². The van der Waals surface area contributed by atoms with Gasteiger partial charge >= 0.3 is 182 Å². The van der Waals surface area contributed by atoms with Gasteiger partial charge in [0.15, 0.2) is 0 Å². The number of benzene rings is 2. The van der Waals surface area contributed by atoms with Crippen LogP contribution in [0.15, 0.2) is 48.5 Å². The third kappa shape index (κ3) is 4.59. The van der Waals surface area contributed by atoms with Crippen LogP contribution in [0, 0.1) is 0 Å². The average Bonchev–Trinajstić information content (AvgIpc) is 3.34. The molecule has 3 nitrogen and oxygen atoms in total. The Hall–Kier alpha value is -1.42. The van der Waals surface area contributed by atoms with Crippen LogP contribution in [0.2, 0.25) is 10.0 Å². The van der Waals surface area contributed by atoms with E-state index in [9.17, 15) is 5.11 Å². The molecule has 0 aliphatic carbocycles. The summed E-state index contributed by atoms with van der Waals surface area (Å²) in [7, 11) is 0. The maximum absolute atomic E-state index is 9.55. The van der Waals surface area contributed by atoms with E-state index >= 15 is 0 Å². The van der Waals surface area contributed by atoms with Gasteiger partial charge in [0.25, 0.3) is 0 Å². The number of ether oxygens (including phenoxy) is 1. The Kier molecular flexibility index (Phi) is 6.35. The van der Waals surface area contributed by atoms with Crippen molar-refractivity contribution in [2.45, 2.75) is 12.8 Å². The molecule has 1 fully saturated rings. The number of aromatic hydroxyl groups is 1. The summed E-state index contributed by atoms with van der Waals surface area (Å²) in [6.45, 7) is 4.01. The zero-order valence-electron chi connectivity index (χ0n) is 15.3. The molecular weight excluding hydrogens is 460 g/mol. The number of halogens is 2. The van der Waals surface area contributed by atoms with Crippen LogP contribution in [-0.4, -0.2) is 50.8 Å². The summed E-state index contributed by atoms with van der Waals surface area (Å²) >= 11 is 12.9. The molecule has 146 valence electrons. The zero-order valence-corrected chi connectivity index (χ0v) is 18.6. The van der Waals surface area contributed by atoms with Crippen LogP contribution in [0.3, 0.4) is 0 Å². The Balaban J connectivity index is 1.46. The molecule has 2 heterocycles. The molecule has 6 heteroatoms. The van der Waals surface area contributed by atoms with E-state index in [4.69, 9.17) is 27.9 Å². The first-order valence-electron chi connectivity index (χ1n) is 9.34. The van der Waals surface area contributed by atoms with E-state index in [2.05, 4.69) is 17.0 Å². The number of hydrogen-bond acceptors (Lipinski definition) is 3. The summed E-state index contributed by atoms with van der Waals surface area (Å²) in [4.78, 5) is 2.43. The van der Waals surface area contributed by atoms with Crippen molar-refractivity contribution in [1.82, 2.24) is 4.90 Å². The second kappa shape index (κ2) is 8.94. The molecule has 3 aromatic rings. The number of phenols is 1. The Morgan fingerprint density at radius 1 is 0.893 bits per heavy atom. The standard InChI is InChI=1S/C22H21Cl2NO2Se/c23-19-13-15(26)3-5-17(19)21-7-8-22(28-21)18-6-4-16(14-20(18)24)27-12-11-25-9-1-2-10-25/h3-8,13-14,26H,1-2,9-12H2. The topological polar surface area (TPSA) is 32.7 Å². The van der Waals surface area contributed by atoms with Crippen molar-refractivity contribution in [1.29, 1.82) is 0 Å². The minimum absolute atomic E-state index is 0.0996. The molecule has 28 heavy (non-hydrogen) atoms. The van der Waals surface area contributed by atoms with Gasteiger partial charge in [0.1, 0.15) is 0 Å². The fraction of sp³-hybridized carbons (Fsp3) is 0.273. The third-order valence-corrected chi connectivity index (χ3v) is 7.95. The van der Waals surface area contributed by atoms with Gasteiger partial charge in [-0.25, -0.2) is 0 Å². The molecular formula is C22H21Cl2NO2Se. The van der Waals surface area contributed by atoms with Crippen molar-refractivity contribution in [2.24, 2.45) is 0 Å². The zero-order chi connectivity index (χ0) is 19.5. The summed E-state index contributed by atoms with van der Waals surface area (Å²) in [5.74, 6) is 0.991. The van der Waals surface area contributed by atoms with Gasteiger partial charge in [-0.15, -0.1) is 0 Å². The van der Waals surface area contributed by atoms with Crippen LogP contribution in [0.5, 0.6) is 11.5 Å². The van der Waals surface area contributed by atoms with Gasteiger partial charge in [-0.2, -0.15) is 0 Å². The van der Waals surface area contributed by atoms with Gasteiger partial charge in [0, 0.05) is 0 Å². The predicted octanol–water partition coefficient (Wildman–Crippen LogP) is 5.56. The monoisotopic (exact) mass is 481 g/mol. The maximum atomic E-state index is 9.55.